The number of pyridine rings is 1. The Morgan fingerprint density at radius 2 is 1.82 bits per heavy atom. The Kier molecular flexibility index (Phi) is 11.9. The summed E-state index contributed by atoms with van der Waals surface area (Å²) >= 11 is 1.44. The van der Waals surface area contributed by atoms with Crippen LogP contribution in [0.3, 0.4) is 0 Å². The van der Waals surface area contributed by atoms with Gasteiger partial charge in [0.2, 0.25) is 11.7 Å². The van der Waals surface area contributed by atoms with Crippen molar-refractivity contribution in [3.05, 3.63) is 71.9 Å². The zero-order chi connectivity index (χ0) is 29.0. The summed E-state index contributed by atoms with van der Waals surface area (Å²) in [6.07, 6.45) is 8.82. The predicted octanol–water partition coefficient (Wildman–Crippen LogP) is 5.88. The molecule has 1 fully saturated rings. The van der Waals surface area contributed by atoms with Gasteiger partial charge in [0.1, 0.15) is 5.03 Å². The number of nitriles is 1. The highest BCUT2D eigenvalue weighted by molar-refractivity contribution is 7.97. The Morgan fingerprint density at radius 3 is 2.41 bits per heavy atom. The smallest absolute Gasteiger partial charge is 0.351 e. The van der Waals surface area contributed by atoms with E-state index in [1.807, 2.05) is 36.4 Å². The number of nitrogens with one attached hydrogen (secondary N) is 1. The van der Waals surface area contributed by atoms with Gasteiger partial charge in [-0.15, -0.1) is 12.8 Å². The number of carbonyl (C=O) groups is 1. The minimum Gasteiger partial charge on any atom is -0.351 e. The molecule has 204 valence electrons. The summed E-state index contributed by atoms with van der Waals surface area (Å²) in [5.41, 5.74) is 1.83. The monoisotopic (exact) mass is 554 g/mol. The first-order valence-electron chi connectivity index (χ1n) is 12.2. The molecule has 3 heterocycles. The quantitative estimate of drug-likeness (QED) is 0.300. The lowest BCUT2D eigenvalue weighted by Crippen LogP contribution is -2.41. The Balaban J connectivity index is 0.00000127. The van der Waals surface area contributed by atoms with Crippen LogP contribution in [-0.2, 0) is 17.5 Å². The van der Waals surface area contributed by atoms with Gasteiger partial charge in [-0.1, -0.05) is 26.0 Å². The van der Waals surface area contributed by atoms with Gasteiger partial charge in [0, 0.05) is 36.7 Å². The minimum absolute atomic E-state index is 0.101. The zero-order valence-electron chi connectivity index (χ0n) is 21.8. The van der Waals surface area contributed by atoms with Crippen LogP contribution in [0.1, 0.15) is 50.6 Å². The molecule has 1 N–H and O–H groups in total. The van der Waals surface area contributed by atoms with Gasteiger partial charge in [-0.2, -0.15) is 18.4 Å². The third kappa shape index (κ3) is 8.28. The number of nitrogens with zero attached hydrogens (tertiary/aromatic N) is 5. The molecule has 7 nitrogen and oxygen atoms in total. The largest absolute Gasteiger partial charge is 0.451 e. The molecule has 0 unspecified atom stereocenters. The van der Waals surface area contributed by atoms with E-state index in [1.165, 1.54) is 11.9 Å². The molecule has 0 spiro atoms. The van der Waals surface area contributed by atoms with Gasteiger partial charge in [0.05, 0.1) is 17.7 Å². The third-order valence-electron chi connectivity index (χ3n) is 5.66. The van der Waals surface area contributed by atoms with Crippen LogP contribution in [0.25, 0.3) is 11.1 Å². The van der Waals surface area contributed by atoms with Crippen LogP contribution in [0.2, 0.25) is 0 Å². The van der Waals surface area contributed by atoms with E-state index in [0.717, 1.165) is 23.8 Å². The van der Waals surface area contributed by atoms with Crippen molar-refractivity contribution in [3.63, 3.8) is 0 Å². The molecule has 0 aliphatic carbocycles. The van der Waals surface area contributed by atoms with Crippen molar-refractivity contribution >= 4 is 17.9 Å². The second-order valence-electron chi connectivity index (χ2n) is 8.06. The molecule has 1 aliphatic heterocycles. The maximum atomic E-state index is 13.1. The van der Waals surface area contributed by atoms with Crippen molar-refractivity contribution < 1.29 is 18.0 Å². The highest BCUT2D eigenvalue weighted by atomic mass is 32.2. The van der Waals surface area contributed by atoms with Gasteiger partial charge < -0.3 is 5.32 Å². The molecule has 1 amide bonds. The average molecular weight is 555 g/mol. The fourth-order valence-electron chi connectivity index (χ4n) is 3.82. The minimum atomic E-state index is -4.63. The second-order valence-corrected chi connectivity index (χ2v) is 9.08. The van der Waals surface area contributed by atoms with E-state index in [-0.39, 0.29) is 24.5 Å². The van der Waals surface area contributed by atoms with Gasteiger partial charge in [-0.05, 0) is 67.1 Å². The number of hydrogen-bond donors (Lipinski definition) is 1. The predicted molar refractivity (Wildman–Crippen MR) is 145 cm³/mol. The summed E-state index contributed by atoms with van der Waals surface area (Å²) in [6.45, 7) is 6.16. The topological polar surface area (TPSA) is 94.8 Å². The number of terminal acetylenes is 1. The number of alkyl halides is 3. The lowest BCUT2D eigenvalue weighted by Gasteiger charge is -2.25. The van der Waals surface area contributed by atoms with E-state index >= 15 is 0 Å². The van der Waals surface area contributed by atoms with Crippen molar-refractivity contribution in [2.75, 3.05) is 0 Å². The van der Waals surface area contributed by atoms with Gasteiger partial charge >= 0.3 is 6.18 Å². The Morgan fingerprint density at radius 1 is 1.13 bits per heavy atom. The Hall–Kier alpha value is -3.93. The van der Waals surface area contributed by atoms with E-state index in [1.54, 1.807) is 24.4 Å². The third-order valence-corrected chi connectivity index (χ3v) is 6.91. The lowest BCUT2D eigenvalue weighted by molar-refractivity contribution is -0.145. The molecule has 0 bridgehead atoms. The SMILES string of the molecule is C#C.CC.C[C@H]1CC[C@@H](C(=O)NCc2cc(-c3cnc(C(F)(F)F)nc3)ccc2C#N)N1Sc1ccccn1. The number of rotatable bonds is 6. The summed E-state index contributed by atoms with van der Waals surface area (Å²) in [6, 6.07) is 12.4. The Labute approximate surface area is 231 Å². The number of carbonyl (C=O) groups excluding carboxylic acids is 1. The standard InChI is InChI=1S/C24H21F3N6OS.C2H6.C2H2/c1-15-5-8-20(33(15)35-21-4-2-3-9-29-21)22(34)30-12-18-10-16(6-7-17(18)11-28)19-13-31-23(32-14-19)24(25,26)27;2*1-2/h2-4,6-7,9-10,13-15,20H,5,8,12H2,1H3,(H,30,34);1-2H3;1-2H/t15-,20-;;/m0../s1. The maximum Gasteiger partial charge on any atom is 0.451 e. The zero-order valence-corrected chi connectivity index (χ0v) is 22.6. The van der Waals surface area contributed by atoms with Gasteiger partial charge in [0.15, 0.2) is 0 Å². The molecule has 1 saturated heterocycles. The van der Waals surface area contributed by atoms with Gasteiger partial charge in [-0.3, -0.25) is 4.79 Å². The number of halogens is 3. The van der Waals surface area contributed by atoms with E-state index in [9.17, 15) is 23.2 Å². The molecular formula is C28H29F3N6OS. The van der Waals surface area contributed by atoms with Crippen molar-refractivity contribution in [2.45, 2.75) is 63.4 Å². The van der Waals surface area contributed by atoms with E-state index in [0.29, 0.717) is 28.7 Å². The normalized spacial score (nSPS) is 16.6. The van der Waals surface area contributed by atoms with E-state index in [4.69, 9.17) is 0 Å². The van der Waals surface area contributed by atoms with Crippen molar-refractivity contribution in [2.24, 2.45) is 0 Å². The fraction of sp³-hybridized carbons (Fsp3) is 0.321. The molecule has 11 heteroatoms. The van der Waals surface area contributed by atoms with Crippen LogP contribution < -0.4 is 5.32 Å². The molecule has 4 rings (SSSR count). The Bertz CT molecular complexity index is 1280. The molecule has 1 aromatic carbocycles. The van der Waals surface area contributed by atoms with Crippen LogP contribution in [-0.4, -0.2) is 37.2 Å². The van der Waals surface area contributed by atoms with Crippen LogP contribution in [0, 0.1) is 24.2 Å². The first-order chi connectivity index (χ1) is 18.8. The molecule has 39 heavy (non-hydrogen) atoms. The molecule has 0 radical (unpaired) electrons. The number of benzene rings is 1. The van der Waals surface area contributed by atoms with Crippen LogP contribution in [0.15, 0.2) is 60.0 Å². The summed E-state index contributed by atoms with van der Waals surface area (Å²) in [5.74, 6) is -1.38. The summed E-state index contributed by atoms with van der Waals surface area (Å²) in [5, 5.41) is 13.2. The summed E-state index contributed by atoms with van der Waals surface area (Å²) < 4.78 is 40.3. The summed E-state index contributed by atoms with van der Waals surface area (Å²) in [7, 11) is 0. The number of aromatic nitrogens is 3. The fourth-order valence-corrected chi connectivity index (χ4v) is 4.90. The molecule has 2 atom stereocenters. The average Bonchev–Trinajstić information content (AvgIpc) is 3.33. The number of hydrogen-bond acceptors (Lipinski definition) is 7. The van der Waals surface area contributed by atoms with E-state index < -0.39 is 12.0 Å². The van der Waals surface area contributed by atoms with Crippen LogP contribution in [0.4, 0.5) is 13.2 Å². The molecular weight excluding hydrogens is 525 g/mol. The van der Waals surface area contributed by atoms with Crippen molar-refractivity contribution in [1.82, 2.24) is 24.6 Å². The lowest BCUT2D eigenvalue weighted by atomic mass is 10.0. The van der Waals surface area contributed by atoms with Crippen LogP contribution in [0.5, 0.6) is 0 Å². The number of amides is 1. The summed E-state index contributed by atoms with van der Waals surface area (Å²) in [4.78, 5) is 24.2. The molecule has 0 saturated carbocycles. The van der Waals surface area contributed by atoms with Gasteiger partial charge in [-0.25, -0.2) is 19.3 Å². The highest BCUT2D eigenvalue weighted by Gasteiger charge is 2.37. The second kappa shape index (κ2) is 14.9. The van der Waals surface area contributed by atoms with Crippen molar-refractivity contribution in [1.29, 1.82) is 5.26 Å². The first kappa shape index (κ1) is 31.3. The highest BCUT2D eigenvalue weighted by Crippen LogP contribution is 2.34. The molecule has 1 aliphatic rings. The molecule has 3 aromatic rings. The first-order valence-corrected chi connectivity index (χ1v) is 12.9. The molecule has 2 aromatic heterocycles. The van der Waals surface area contributed by atoms with E-state index in [2.05, 4.69) is 46.1 Å². The van der Waals surface area contributed by atoms with Crippen molar-refractivity contribution in [3.8, 4) is 30.0 Å². The van der Waals surface area contributed by atoms with Gasteiger partial charge in [0.25, 0.3) is 0 Å². The van der Waals surface area contributed by atoms with Crippen LogP contribution >= 0.6 is 11.9 Å². The maximum absolute atomic E-state index is 13.1.